The second-order valence-corrected chi connectivity index (χ2v) is 3.69. The first kappa shape index (κ1) is 10.8. The van der Waals surface area contributed by atoms with Crippen molar-refractivity contribution in [1.82, 2.24) is 5.32 Å². The maximum atomic E-state index is 11.0. The lowest BCUT2D eigenvalue weighted by molar-refractivity contribution is 0.174. The molecule has 0 saturated heterocycles. The summed E-state index contributed by atoms with van der Waals surface area (Å²) in [6.07, 6.45) is 5.72. The van der Waals surface area contributed by atoms with E-state index in [9.17, 15) is 4.79 Å². The van der Waals surface area contributed by atoms with Crippen LogP contribution in [0.15, 0.2) is 23.4 Å². The van der Waals surface area contributed by atoms with Crippen LogP contribution in [0.5, 0.6) is 0 Å². The Morgan fingerprint density at radius 3 is 2.86 bits per heavy atom. The molecule has 0 aromatic rings. The van der Waals surface area contributed by atoms with Crippen LogP contribution in [0, 0.1) is 5.92 Å². The van der Waals surface area contributed by atoms with Gasteiger partial charge in [0.1, 0.15) is 0 Å². The van der Waals surface area contributed by atoms with Gasteiger partial charge in [-0.2, -0.15) is 0 Å². The number of ether oxygens (including phenoxy) is 1. The van der Waals surface area contributed by atoms with Gasteiger partial charge < -0.3 is 4.74 Å². The van der Waals surface area contributed by atoms with Gasteiger partial charge in [-0.15, -0.1) is 0 Å². The van der Waals surface area contributed by atoms with Crippen LogP contribution in [0.4, 0.5) is 4.79 Å². The number of carbonyl (C=O) groups is 1. The van der Waals surface area contributed by atoms with Gasteiger partial charge in [0.2, 0.25) is 0 Å². The molecule has 0 fully saturated rings. The van der Waals surface area contributed by atoms with E-state index in [1.54, 1.807) is 0 Å². The second-order valence-electron chi connectivity index (χ2n) is 3.69. The fourth-order valence-electron chi connectivity index (χ4n) is 1.44. The Balaban J connectivity index is 2.62. The lowest BCUT2D eigenvalue weighted by Gasteiger charge is -2.16. The Morgan fingerprint density at radius 2 is 2.29 bits per heavy atom. The third-order valence-electron chi connectivity index (χ3n) is 2.31. The average Bonchev–Trinajstić information content (AvgIpc) is 2.18. The highest BCUT2D eigenvalue weighted by Gasteiger charge is 2.10. The molecule has 0 aromatic heterocycles. The van der Waals surface area contributed by atoms with Crippen LogP contribution in [0.3, 0.4) is 0 Å². The molecule has 1 rings (SSSR count). The van der Waals surface area contributed by atoms with Gasteiger partial charge in [-0.25, -0.2) is 4.79 Å². The lowest BCUT2D eigenvalue weighted by Crippen LogP contribution is -2.22. The molecule has 3 nitrogen and oxygen atoms in total. The summed E-state index contributed by atoms with van der Waals surface area (Å²) in [4.78, 5) is 11.0. The quantitative estimate of drug-likeness (QED) is 0.735. The van der Waals surface area contributed by atoms with Gasteiger partial charge in [0, 0.05) is 5.70 Å². The third-order valence-corrected chi connectivity index (χ3v) is 2.31. The zero-order valence-corrected chi connectivity index (χ0v) is 8.96. The number of alkyl carbamates (subject to hydrolysis) is 1. The first-order valence-corrected chi connectivity index (χ1v) is 4.89. The van der Waals surface area contributed by atoms with E-state index < -0.39 is 6.09 Å². The fourth-order valence-corrected chi connectivity index (χ4v) is 1.44. The number of methoxy groups -OCH3 is 1. The van der Waals surface area contributed by atoms with Gasteiger partial charge in [0.05, 0.1) is 7.11 Å². The van der Waals surface area contributed by atoms with Crippen LogP contribution in [0.2, 0.25) is 0 Å². The normalized spacial score (nSPS) is 16.0. The molecule has 0 heterocycles. The van der Waals surface area contributed by atoms with Crippen LogP contribution in [-0.4, -0.2) is 13.2 Å². The molecular formula is C11H17NO2. The smallest absolute Gasteiger partial charge is 0.411 e. The molecule has 78 valence electrons. The molecule has 0 aromatic carbocycles. The van der Waals surface area contributed by atoms with Crippen LogP contribution in [-0.2, 0) is 4.74 Å². The minimum absolute atomic E-state index is 0.405. The van der Waals surface area contributed by atoms with Crippen molar-refractivity contribution in [1.29, 1.82) is 0 Å². The third kappa shape index (κ3) is 2.91. The first-order valence-electron chi connectivity index (χ1n) is 4.89. The van der Waals surface area contributed by atoms with Crippen molar-refractivity contribution in [3.63, 3.8) is 0 Å². The number of hydrogen-bond donors (Lipinski definition) is 1. The molecule has 0 unspecified atom stereocenters. The number of allylic oxidation sites excluding steroid dienone is 3. The molecule has 1 aliphatic carbocycles. The van der Waals surface area contributed by atoms with Crippen molar-refractivity contribution in [3.8, 4) is 0 Å². The maximum Gasteiger partial charge on any atom is 0.411 e. The van der Waals surface area contributed by atoms with E-state index in [1.165, 1.54) is 12.7 Å². The van der Waals surface area contributed by atoms with Crippen molar-refractivity contribution < 1.29 is 9.53 Å². The van der Waals surface area contributed by atoms with Crippen LogP contribution in [0.1, 0.15) is 26.7 Å². The summed E-state index contributed by atoms with van der Waals surface area (Å²) in [7, 11) is 1.37. The summed E-state index contributed by atoms with van der Waals surface area (Å²) in [5.41, 5.74) is 2.23. The number of rotatable bonds is 2. The number of amides is 1. The highest BCUT2D eigenvalue weighted by atomic mass is 16.5. The largest absolute Gasteiger partial charge is 0.453 e. The molecule has 0 aliphatic heterocycles. The predicted molar refractivity (Wildman–Crippen MR) is 55.8 cm³/mol. The van der Waals surface area contributed by atoms with E-state index in [2.05, 4.69) is 23.9 Å². The summed E-state index contributed by atoms with van der Waals surface area (Å²) in [5, 5.41) is 2.68. The highest BCUT2D eigenvalue weighted by Crippen LogP contribution is 2.22. The summed E-state index contributed by atoms with van der Waals surface area (Å²) in [6.45, 7) is 4.32. The number of carbonyl (C=O) groups excluding carboxylic acids is 1. The van der Waals surface area contributed by atoms with Gasteiger partial charge in [-0.05, 0) is 24.8 Å². The molecule has 1 amide bonds. The SMILES string of the molecule is COC(=O)NC1=CCCC(C(C)C)=C1. The molecule has 0 spiro atoms. The molecular weight excluding hydrogens is 178 g/mol. The van der Waals surface area contributed by atoms with Gasteiger partial charge >= 0.3 is 6.09 Å². The molecule has 3 heteroatoms. The Morgan fingerprint density at radius 1 is 1.57 bits per heavy atom. The summed E-state index contributed by atoms with van der Waals surface area (Å²) >= 11 is 0. The van der Waals surface area contributed by atoms with Crippen molar-refractivity contribution >= 4 is 6.09 Å². The fraction of sp³-hybridized carbons (Fsp3) is 0.545. The Bertz CT molecular complexity index is 277. The van der Waals surface area contributed by atoms with E-state index in [1.807, 2.05) is 12.2 Å². The average molecular weight is 195 g/mol. The highest BCUT2D eigenvalue weighted by molar-refractivity contribution is 5.70. The van der Waals surface area contributed by atoms with E-state index >= 15 is 0 Å². The van der Waals surface area contributed by atoms with Crippen molar-refractivity contribution in [2.45, 2.75) is 26.7 Å². The number of hydrogen-bond acceptors (Lipinski definition) is 2. The van der Waals surface area contributed by atoms with Gasteiger partial charge in [0.25, 0.3) is 0 Å². The predicted octanol–water partition coefficient (Wildman–Crippen LogP) is 2.60. The zero-order valence-electron chi connectivity index (χ0n) is 8.96. The maximum absolute atomic E-state index is 11.0. The molecule has 0 radical (unpaired) electrons. The topological polar surface area (TPSA) is 38.3 Å². The summed E-state index contributed by atoms with van der Waals surface area (Å²) in [6, 6.07) is 0. The van der Waals surface area contributed by atoms with Crippen molar-refractivity contribution in [2.75, 3.05) is 7.11 Å². The van der Waals surface area contributed by atoms with Crippen molar-refractivity contribution in [2.24, 2.45) is 5.92 Å². The van der Waals surface area contributed by atoms with Gasteiger partial charge in [0.15, 0.2) is 0 Å². The second kappa shape index (κ2) is 4.84. The molecule has 14 heavy (non-hydrogen) atoms. The Hall–Kier alpha value is -1.25. The first-order chi connectivity index (χ1) is 6.63. The van der Waals surface area contributed by atoms with E-state index in [4.69, 9.17) is 0 Å². The van der Waals surface area contributed by atoms with E-state index in [0.717, 1.165) is 18.5 Å². The molecule has 0 saturated carbocycles. The summed E-state index contributed by atoms with van der Waals surface area (Å²) in [5.74, 6) is 0.540. The van der Waals surface area contributed by atoms with E-state index in [0.29, 0.717) is 5.92 Å². The minimum atomic E-state index is -0.405. The van der Waals surface area contributed by atoms with Crippen LogP contribution in [0.25, 0.3) is 0 Å². The Labute approximate surface area is 84.8 Å². The standard InChI is InChI=1S/C11H17NO2/c1-8(2)9-5-4-6-10(7-9)12-11(13)14-3/h6-8H,4-5H2,1-3H3,(H,12,13). The molecule has 1 aliphatic rings. The van der Waals surface area contributed by atoms with Gasteiger partial charge in [-0.3, -0.25) is 5.32 Å². The lowest BCUT2D eigenvalue weighted by atomic mass is 9.94. The summed E-state index contributed by atoms with van der Waals surface area (Å²) < 4.78 is 4.53. The van der Waals surface area contributed by atoms with E-state index in [-0.39, 0.29) is 0 Å². The molecule has 1 N–H and O–H groups in total. The van der Waals surface area contributed by atoms with Crippen LogP contribution >= 0.6 is 0 Å². The van der Waals surface area contributed by atoms with Gasteiger partial charge in [-0.1, -0.05) is 25.5 Å². The molecule has 0 atom stereocenters. The Kier molecular flexibility index (Phi) is 3.74. The monoisotopic (exact) mass is 195 g/mol. The van der Waals surface area contributed by atoms with Crippen LogP contribution < -0.4 is 5.32 Å². The number of nitrogens with one attached hydrogen (secondary N) is 1. The van der Waals surface area contributed by atoms with Crippen molar-refractivity contribution in [3.05, 3.63) is 23.4 Å². The molecule has 0 bridgehead atoms. The minimum Gasteiger partial charge on any atom is -0.453 e. The zero-order chi connectivity index (χ0) is 10.6.